The summed E-state index contributed by atoms with van der Waals surface area (Å²) in [5.74, 6) is 0.340. The van der Waals surface area contributed by atoms with Gasteiger partial charge in [-0.2, -0.15) is 0 Å². The molecule has 2 saturated heterocycles. The lowest BCUT2D eigenvalue weighted by atomic mass is 9.92. The summed E-state index contributed by atoms with van der Waals surface area (Å²) < 4.78 is 20.7. The number of methoxy groups -OCH3 is 2. The van der Waals surface area contributed by atoms with Gasteiger partial charge in [0.1, 0.15) is 6.61 Å². The standard InChI is InChI=1S/C18H24N2O6.C2H4O2/c1-23-14-4-3-12(9-15(14)24-2)13(19)10-16(21)20-7-5-18(6-8-20)11-25-17(22)26-18;1-2(3)4/h3-4,9,13H,5-8,10-11,19H2,1-2H3;1H3,(H,3,4). The predicted molar refractivity (Wildman–Crippen MR) is 105 cm³/mol. The van der Waals surface area contributed by atoms with Crippen LogP contribution in [-0.4, -0.2) is 67.6 Å². The average Bonchev–Trinajstić information content (AvgIpc) is 3.07. The zero-order chi connectivity index (χ0) is 22.3. The molecule has 10 nitrogen and oxygen atoms in total. The Labute approximate surface area is 174 Å². The monoisotopic (exact) mass is 424 g/mol. The highest BCUT2D eigenvalue weighted by Crippen LogP contribution is 2.33. The van der Waals surface area contributed by atoms with E-state index < -0.39 is 23.8 Å². The third-order valence-electron chi connectivity index (χ3n) is 5.01. The molecule has 1 unspecified atom stereocenters. The molecule has 0 aliphatic carbocycles. The van der Waals surface area contributed by atoms with Gasteiger partial charge in [0.05, 0.1) is 14.2 Å². The number of hydrogen-bond donors (Lipinski definition) is 2. The summed E-state index contributed by atoms with van der Waals surface area (Å²) in [6.45, 7) is 2.39. The van der Waals surface area contributed by atoms with Crippen molar-refractivity contribution in [2.75, 3.05) is 33.9 Å². The fourth-order valence-electron chi connectivity index (χ4n) is 3.35. The number of carbonyl (C=O) groups excluding carboxylic acids is 2. The number of hydrogen-bond acceptors (Lipinski definition) is 8. The van der Waals surface area contributed by atoms with Crippen molar-refractivity contribution in [1.82, 2.24) is 4.90 Å². The van der Waals surface area contributed by atoms with Crippen LogP contribution >= 0.6 is 0 Å². The van der Waals surface area contributed by atoms with Crippen LogP contribution in [0.2, 0.25) is 0 Å². The lowest BCUT2D eigenvalue weighted by Crippen LogP contribution is -2.48. The Kier molecular flexibility index (Phi) is 7.87. The minimum atomic E-state index is -0.833. The van der Waals surface area contributed by atoms with Crippen molar-refractivity contribution in [1.29, 1.82) is 0 Å². The molecule has 30 heavy (non-hydrogen) atoms. The van der Waals surface area contributed by atoms with Crippen molar-refractivity contribution < 1.29 is 38.4 Å². The van der Waals surface area contributed by atoms with E-state index in [1.807, 2.05) is 6.07 Å². The van der Waals surface area contributed by atoms with E-state index in [1.165, 1.54) is 0 Å². The number of carboxylic acids is 1. The van der Waals surface area contributed by atoms with Gasteiger partial charge < -0.3 is 34.7 Å². The highest BCUT2D eigenvalue weighted by molar-refractivity contribution is 5.77. The van der Waals surface area contributed by atoms with Gasteiger partial charge in [-0.1, -0.05) is 6.07 Å². The van der Waals surface area contributed by atoms with Gasteiger partial charge in [0.15, 0.2) is 17.1 Å². The van der Waals surface area contributed by atoms with Crippen molar-refractivity contribution in [2.24, 2.45) is 5.73 Å². The second-order valence-electron chi connectivity index (χ2n) is 7.15. The Morgan fingerprint density at radius 2 is 1.83 bits per heavy atom. The van der Waals surface area contributed by atoms with E-state index in [4.69, 9.17) is 34.6 Å². The highest BCUT2D eigenvalue weighted by Gasteiger charge is 2.45. The summed E-state index contributed by atoms with van der Waals surface area (Å²) in [5.41, 5.74) is 6.46. The molecule has 0 radical (unpaired) electrons. The van der Waals surface area contributed by atoms with Crippen molar-refractivity contribution in [2.45, 2.75) is 37.8 Å². The number of ether oxygens (including phenoxy) is 4. The van der Waals surface area contributed by atoms with Crippen LogP contribution in [0, 0.1) is 0 Å². The number of likely N-dealkylation sites (tertiary alicyclic amines) is 1. The molecule has 3 rings (SSSR count). The van der Waals surface area contributed by atoms with Crippen molar-refractivity contribution in [3.8, 4) is 11.5 Å². The zero-order valence-corrected chi connectivity index (χ0v) is 17.4. The van der Waals surface area contributed by atoms with Crippen LogP contribution in [0.15, 0.2) is 18.2 Å². The number of cyclic esters (lactones) is 1. The predicted octanol–water partition coefficient (Wildman–Crippen LogP) is 1.71. The number of aliphatic carboxylic acids is 1. The van der Waals surface area contributed by atoms with Crippen LogP contribution in [0.25, 0.3) is 0 Å². The number of nitrogens with zero attached hydrogens (tertiary/aromatic N) is 1. The fourth-order valence-corrected chi connectivity index (χ4v) is 3.35. The Morgan fingerprint density at radius 3 is 2.33 bits per heavy atom. The van der Waals surface area contributed by atoms with Crippen LogP contribution in [0.4, 0.5) is 4.79 Å². The molecule has 1 spiro atoms. The molecule has 2 aliphatic rings. The molecule has 3 N–H and O–H groups in total. The fraction of sp³-hybridized carbons (Fsp3) is 0.550. The summed E-state index contributed by atoms with van der Waals surface area (Å²) in [4.78, 5) is 34.5. The minimum Gasteiger partial charge on any atom is -0.493 e. The number of benzene rings is 1. The van der Waals surface area contributed by atoms with Crippen LogP contribution < -0.4 is 15.2 Å². The molecule has 1 amide bonds. The van der Waals surface area contributed by atoms with Crippen LogP contribution in [-0.2, 0) is 19.1 Å². The summed E-state index contributed by atoms with van der Waals surface area (Å²) in [6.07, 6.45) is 0.727. The first-order valence-corrected chi connectivity index (χ1v) is 9.50. The molecule has 2 heterocycles. The number of rotatable bonds is 5. The van der Waals surface area contributed by atoms with Gasteiger partial charge in [-0.3, -0.25) is 9.59 Å². The van der Waals surface area contributed by atoms with Crippen LogP contribution in [0.3, 0.4) is 0 Å². The van der Waals surface area contributed by atoms with Gasteiger partial charge in [0.2, 0.25) is 5.91 Å². The molecular weight excluding hydrogens is 396 g/mol. The number of amides is 1. The maximum Gasteiger partial charge on any atom is 0.509 e. The normalized spacial score (nSPS) is 17.9. The number of nitrogens with two attached hydrogens (primary N) is 1. The Bertz CT molecular complexity index is 770. The topological polar surface area (TPSA) is 138 Å². The SMILES string of the molecule is CC(=O)O.COc1ccc(C(N)CC(=O)N2CCC3(CC2)COC(=O)O3)cc1OC. The first kappa shape index (κ1) is 23.3. The maximum atomic E-state index is 12.6. The third kappa shape index (κ3) is 5.99. The number of piperidine rings is 1. The molecule has 0 saturated carbocycles. The van der Waals surface area contributed by atoms with Crippen molar-refractivity contribution >= 4 is 18.0 Å². The minimum absolute atomic E-state index is 0.0209. The van der Waals surface area contributed by atoms with E-state index >= 15 is 0 Å². The van der Waals surface area contributed by atoms with Crippen LogP contribution in [0.5, 0.6) is 11.5 Å². The first-order valence-electron chi connectivity index (χ1n) is 9.50. The lowest BCUT2D eigenvalue weighted by molar-refractivity contribution is -0.135. The molecule has 2 fully saturated rings. The van der Waals surface area contributed by atoms with Crippen molar-refractivity contribution in [3.05, 3.63) is 23.8 Å². The van der Waals surface area contributed by atoms with E-state index in [1.54, 1.807) is 31.3 Å². The van der Waals surface area contributed by atoms with E-state index in [-0.39, 0.29) is 18.9 Å². The van der Waals surface area contributed by atoms with Crippen molar-refractivity contribution in [3.63, 3.8) is 0 Å². The summed E-state index contributed by atoms with van der Waals surface area (Å²) in [7, 11) is 3.12. The van der Waals surface area contributed by atoms with E-state index in [0.29, 0.717) is 37.4 Å². The van der Waals surface area contributed by atoms with Gasteiger partial charge in [0, 0.05) is 45.3 Å². The molecule has 1 atom stereocenters. The van der Waals surface area contributed by atoms with Crippen LogP contribution in [0.1, 0.15) is 37.8 Å². The Balaban J connectivity index is 0.000000735. The second-order valence-corrected chi connectivity index (χ2v) is 7.15. The summed E-state index contributed by atoms with van der Waals surface area (Å²) >= 11 is 0. The Hall–Kier alpha value is -3.01. The number of carboxylic acid groups (broad SMARTS) is 1. The summed E-state index contributed by atoms with van der Waals surface area (Å²) in [6, 6.07) is 4.96. The average molecular weight is 424 g/mol. The van der Waals surface area contributed by atoms with E-state index in [0.717, 1.165) is 12.5 Å². The van der Waals surface area contributed by atoms with E-state index in [9.17, 15) is 9.59 Å². The molecule has 0 aromatic heterocycles. The largest absolute Gasteiger partial charge is 0.509 e. The Morgan fingerprint density at radius 1 is 1.23 bits per heavy atom. The third-order valence-corrected chi connectivity index (χ3v) is 5.01. The lowest BCUT2D eigenvalue weighted by Gasteiger charge is -2.36. The first-order chi connectivity index (χ1) is 14.2. The molecule has 166 valence electrons. The molecule has 0 bridgehead atoms. The molecule has 1 aromatic rings. The maximum absolute atomic E-state index is 12.6. The quantitative estimate of drug-likeness (QED) is 0.677. The van der Waals surface area contributed by atoms with E-state index in [2.05, 4.69) is 0 Å². The zero-order valence-electron chi connectivity index (χ0n) is 17.4. The smallest absolute Gasteiger partial charge is 0.493 e. The molecule has 1 aromatic carbocycles. The van der Waals surface area contributed by atoms with Gasteiger partial charge in [-0.25, -0.2) is 4.79 Å². The van der Waals surface area contributed by atoms with Gasteiger partial charge in [0.25, 0.3) is 5.97 Å². The molecule has 10 heteroatoms. The second kappa shape index (κ2) is 10.1. The summed E-state index contributed by atoms with van der Waals surface area (Å²) in [5, 5.41) is 7.42. The molecular formula is C20H28N2O8. The van der Waals surface area contributed by atoms with Gasteiger partial charge >= 0.3 is 6.16 Å². The molecule has 2 aliphatic heterocycles. The van der Waals surface area contributed by atoms with Gasteiger partial charge in [-0.05, 0) is 17.7 Å². The highest BCUT2D eigenvalue weighted by atomic mass is 16.8. The van der Waals surface area contributed by atoms with Gasteiger partial charge in [-0.15, -0.1) is 0 Å². The number of carbonyl (C=O) groups is 3.